The highest BCUT2D eigenvalue weighted by atomic mass is 32.2. The van der Waals surface area contributed by atoms with Crippen molar-refractivity contribution >= 4 is 23.5 Å². The van der Waals surface area contributed by atoms with E-state index >= 15 is 0 Å². The molecule has 1 rings (SSSR count). The molecule has 6 heteroatoms. The van der Waals surface area contributed by atoms with Crippen molar-refractivity contribution in [1.82, 2.24) is 9.97 Å². The van der Waals surface area contributed by atoms with Crippen LogP contribution in [0.2, 0.25) is 0 Å². The average Bonchev–Trinajstić information content (AvgIpc) is 2.29. The lowest BCUT2D eigenvalue weighted by molar-refractivity contribution is 0.0601. The third kappa shape index (κ3) is 3.37. The van der Waals surface area contributed by atoms with Crippen LogP contribution in [0.5, 0.6) is 0 Å². The van der Waals surface area contributed by atoms with Gasteiger partial charge >= 0.3 is 5.97 Å². The summed E-state index contributed by atoms with van der Waals surface area (Å²) in [6, 6.07) is 0. The van der Waals surface area contributed by atoms with Gasteiger partial charge in [0.2, 0.25) is 0 Å². The van der Waals surface area contributed by atoms with Crippen molar-refractivity contribution in [1.29, 1.82) is 0 Å². The molecule has 0 aliphatic carbocycles. The maximum atomic E-state index is 11.2. The number of thioether (sulfide) groups is 1. The zero-order chi connectivity index (χ0) is 12.0. The van der Waals surface area contributed by atoms with E-state index in [4.69, 9.17) is 5.73 Å². The zero-order valence-corrected chi connectivity index (χ0v) is 10.2. The fraction of sp³-hybridized carbons (Fsp3) is 0.500. The van der Waals surface area contributed by atoms with Crippen molar-refractivity contribution < 1.29 is 9.53 Å². The summed E-state index contributed by atoms with van der Waals surface area (Å²) >= 11 is 1.74. The van der Waals surface area contributed by atoms with Crippen LogP contribution in [0.15, 0.2) is 6.20 Å². The molecule has 1 aromatic rings. The van der Waals surface area contributed by atoms with Crippen LogP contribution in [0.25, 0.3) is 0 Å². The van der Waals surface area contributed by atoms with Gasteiger partial charge in [-0.05, 0) is 12.2 Å². The molecule has 0 bridgehead atoms. The van der Waals surface area contributed by atoms with Crippen LogP contribution in [-0.2, 0) is 10.5 Å². The lowest BCUT2D eigenvalue weighted by Crippen LogP contribution is -2.09. The number of nitrogen functional groups attached to an aromatic ring is 1. The first-order valence-electron chi connectivity index (χ1n) is 4.96. The number of methoxy groups -OCH3 is 1. The molecule has 2 N–H and O–H groups in total. The van der Waals surface area contributed by atoms with Gasteiger partial charge in [-0.25, -0.2) is 14.8 Å². The Morgan fingerprint density at radius 2 is 2.38 bits per heavy atom. The summed E-state index contributed by atoms with van der Waals surface area (Å²) in [5, 5.41) is 0. The SMILES string of the molecule is CCCSCc1ncc(C(=O)OC)c(N)n1. The van der Waals surface area contributed by atoms with E-state index in [2.05, 4.69) is 21.6 Å². The second-order valence-corrected chi connectivity index (χ2v) is 4.23. The van der Waals surface area contributed by atoms with Crippen molar-refractivity contribution in [2.45, 2.75) is 19.1 Å². The van der Waals surface area contributed by atoms with E-state index in [0.717, 1.165) is 12.2 Å². The highest BCUT2D eigenvalue weighted by molar-refractivity contribution is 7.98. The predicted molar refractivity (Wildman–Crippen MR) is 64.2 cm³/mol. The van der Waals surface area contributed by atoms with Gasteiger partial charge in [0.15, 0.2) is 0 Å². The van der Waals surface area contributed by atoms with Crippen LogP contribution < -0.4 is 5.73 Å². The number of carbonyl (C=O) groups excluding carboxylic acids is 1. The molecule has 0 atom stereocenters. The first-order valence-corrected chi connectivity index (χ1v) is 6.12. The largest absolute Gasteiger partial charge is 0.465 e. The minimum absolute atomic E-state index is 0.175. The molecule has 0 fully saturated rings. The van der Waals surface area contributed by atoms with Crippen LogP contribution in [0.4, 0.5) is 5.82 Å². The van der Waals surface area contributed by atoms with Crippen LogP contribution in [0.3, 0.4) is 0 Å². The number of anilines is 1. The van der Waals surface area contributed by atoms with E-state index in [1.807, 2.05) is 0 Å². The van der Waals surface area contributed by atoms with E-state index in [9.17, 15) is 4.79 Å². The van der Waals surface area contributed by atoms with Gasteiger partial charge in [-0.2, -0.15) is 11.8 Å². The Hall–Kier alpha value is -1.30. The normalized spacial score (nSPS) is 10.1. The number of ether oxygens (including phenoxy) is 1. The standard InChI is InChI=1S/C10H15N3O2S/c1-3-4-16-6-8-12-5-7(9(11)13-8)10(14)15-2/h5H,3-4,6H2,1-2H3,(H2,11,12,13). The maximum Gasteiger partial charge on any atom is 0.343 e. The van der Waals surface area contributed by atoms with Gasteiger partial charge < -0.3 is 10.5 Å². The highest BCUT2D eigenvalue weighted by Gasteiger charge is 2.12. The number of aromatic nitrogens is 2. The van der Waals surface area contributed by atoms with Crippen LogP contribution >= 0.6 is 11.8 Å². The number of nitrogens with zero attached hydrogens (tertiary/aromatic N) is 2. The summed E-state index contributed by atoms with van der Waals surface area (Å²) in [7, 11) is 1.30. The predicted octanol–water partition coefficient (Wildman–Crippen LogP) is 1.49. The maximum absolute atomic E-state index is 11.2. The van der Waals surface area contributed by atoms with Crippen molar-refractivity contribution in [2.75, 3.05) is 18.6 Å². The Labute approximate surface area is 98.8 Å². The van der Waals surface area contributed by atoms with Crippen molar-refractivity contribution in [2.24, 2.45) is 0 Å². The highest BCUT2D eigenvalue weighted by Crippen LogP contribution is 2.13. The lowest BCUT2D eigenvalue weighted by Gasteiger charge is -2.04. The van der Waals surface area contributed by atoms with Crippen LogP contribution in [0.1, 0.15) is 29.5 Å². The Bertz CT molecular complexity index is 371. The fourth-order valence-corrected chi connectivity index (χ4v) is 1.83. The molecular formula is C10H15N3O2S. The summed E-state index contributed by atoms with van der Waals surface area (Å²) in [6.07, 6.45) is 2.52. The molecule has 0 unspecified atom stereocenters. The molecule has 0 saturated carbocycles. The number of esters is 1. The van der Waals surface area contributed by atoms with Gasteiger partial charge in [-0.3, -0.25) is 0 Å². The van der Waals surface area contributed by atoms with Crippen molar-refractivity contribution in [3.05, 3.63) is 17.6 Å². The summed E-state index contributed by atoms with van der Waals surface area (Å²) in [5.74, 6) is 2.07. The van der Waals surface area contributed by atoms with Gasteiger partial charge in [-0.15, -0.1) is 0 Å². The Kier molecular flexibility index (Phi) is 5.04. The monoisotopic (exact) mass is 241 g/mol. The molecule has 1 heterocycles. The molecule has 0 spiro atoms. The van der Waals surface area contributed by atoms with E-state index in [-0.39, 0.29) is 11.4 Å². The van der Waals surface area contributed by atoms with Gasteiger partial charge in [0.05, 0.1) is 12.9 Å². The molecule has 88 valence electrons. The number of hydrogen-bond donors (Lipinski definition) is 1. The molecular weight excluding hydrogens is 226 g/mol. The Morgan fingerprint density at radius 1 is 1.62 bits per heavy atom. The summed E-state index contributed by atoms with van der Waals surface area (Å²) in [4.78, 5) is 19.3. The average molecular weight is 241 g/mol. The molecule has 0 saturated heterocycles. The molecule has 0 aliphatic heterocycles. The molecule has 0 aromatic carbocycles. The molecule has 0 amide bonds. The van der Waals surface area contributed by atoms with E-state index in [1.54, 1.807) is 11.8 Å². The smallest absolute Gasteiger partial charge is 0.343 e. The lowest BCUT2D eigenvalue weighted by atomic mass is 10.3. The first kappa shape index (κ1) is 12.8. The second-order valence-electron chi connectivity index (χ2n) is 3.13. The first-order chi connectivity index (χ1) is 7.69. The van der Waals surface area contributed by atoms with Crippen LogP contribution in [-0.4, -0.2) is 28.8 Å². The number of hydrogen-bond acceptors (Lipinski definition) is 6. The topological polar surface area (TPSA) is 78.1 Å². The fourth-order valence-electron chi connectivity index (χ4n) is 1.08. The zero-order valence-electron chi connectivity index (χ0n) is 9.40. The second kappa shape index (κ2) is 6.32. The minimum Gasteiger partial charge on any atom is -0.465 e. The Morgan fingerprint density at radius 3 is 2.94 bits per heavy atom. The van der Waals surface area contributed by atoms with Crippen molar-refractivity contribution in [3.8, 4) is 0 Å². The number of nitrogens with two attached hydrogens (primary N) is 1. The summed E-state index contributed by atoms with van der Waals surface area (Å²) < 4.78 is 4.55. The minimum atomic E-state index is -0.509. The van der Waals surface area contributed by atoms with Gasteiger partial charge in [0, 0.05) is 6.20 Å². The molecule has 5 nitrogen and oxygen atoms in total. The number of rotatable bonds is 5. The molecule has 16 heavy (non-hydrogen) atoms. The van der Waals surface area contributed by atoms with Gasteiger partial charge in [-0.1, -0.05) is 6.92 Å². The van der Waals surface area contributed by atoms with E-state index < -0.39 is 5.97 Å². The summed E-state index contributed by atoms with van der Waals surface area (Å²) in [5.41, 5.74) is 5.86. The summed E-state index contributed by atoms with van der Waals surface area (Å²) in [6.45, 7) is 2.11. The Balaban J connectivity index is 2.71. The molecule has 1 aromatic heterocycles. The number of carbonyl (C=O) groups is 1. The van der Waals surface area contributed by atoms with Crippen LogP contribution in [0, 0.1) is 0 Å². The van der Waals surface area contributed by atoms with E-state index in [1.165, 1.54) is 13.3 Å². The third-order valence-corrected chi connectivity index (χ3v) is 3.01. The van der Waals surface area contributed by atoms with E-state index in [0.29, 0.717) is 11.6 Å². The van der Waals surface area contributed by atoms with Gasteiger partial charge in [0.1, 0.15) is 17.2 Å². The van der Waals surface area contributed by atoms with Crippen molar-refractivity contribution in [3.63, 3.8) is 0 Å². The molecule has 0 radical (unpaired) electrons. The van der Waals surface area contributed by atoms with Gasteiger partial charge in [0.25, 0.3) is 0 Å². The third-order valence-electron chi connectivity index (χ3n) is 1.85. The molecule has 0 aliphatic rings. The quantitative estimate of drug-likeness (QED) is 0.621.